The topological polar surface area (TPSA) is 93.2 Å². The molecular formula is C30H36N2O6. The molecule has 0 aromatic heterocycles. The predicted octanol–water partition coefficient (Wildman–Crippen LogP) is 2.55. The molecule has 8 nitrogen and oxygen atoms in total. The Morgan fingerprint density at radius 3 is 1.29 bits per heavy atom. The lowest BCUT2D eigenvalue weighted by atomic mass is 9.60. The first-order chi connectivity index (χ1) is 18.3. The first kappa shape index (κ1) is 22.0. The highest BCUT2D eigenvalue weighted by Gasteiger charge is 2.88. The summed E-state index contributed by atoms with van der Waals surface area (Å²) in [6, 6.07) is 0. The molecule has 10 fully saturated rings. The second kappa shape index (κ2) is 6.40. The van der Waals surface area contributed by atoms with Crippen molar-refractivity contribution < 1.29 is 28.7 Å². The number of ether oxygens (including phenoxy) is 2. The third-order valence-electron chi connectivity index (χ3n) is 14.5. The molecule has 0 radical (unpaired) electrons. The van der Waals surface area contributed by atoms with Crippen LogP contribution in [0.2, 0.25) is 0 Å². The molecule has 10 rings (SSSR count). The van der Waals surface area contributed by atoms with E-state index in [0.717, 1.165) is 25.7 Å². The van der Waals surface area contributed by atoms with Crippen molar-refractivity contribution in [3.05, 3.63) is 0 Å². The molecule has 6 saturated carbocycles. The van der Waals surface area contributed by atoms with Crippen LogP contribution in [0.1, 0.15) is 65.2 Å². The molecule has 6 aliphatic carbocycles. The minimum absolute atomic E-state index is 0.0557. The zero-order valence-corrected chi connectivity index (χ0v) is 22.1. The number of nitrogens with zero attached hydrogens (tertiary/aromatic N) is 2. The molecule has 4 amide bonds. The van der Waals surface area contributed by atoms with E-state index in [1.165, 1.54) is 0 Å². The molecule has 202 valence electrons. The standard InChI is InChI=1S/C30H36N2O6/c1-29-23-11-3-5-14-20(11)26-21(23)22-24(30(26,2)28(38-14)32-17(35)9-10-18(32)36)12-4-6-13(19(12)25(22)29)37-27(29)31-15(33)7-8-16(31)34/h11-14,19-28H,3-10H2,1-2H3/t11?,12?,13?,14?,19?,20?,21?,22?,23?,24?,25?,26?,27-,28?,29?,30?/m1/s1. The largest absolute Gasteiger partial charge is 0.354 e. The van der Waals surface area contributed by atoms with Gasteiger partial charge in [0.25, 0.3) is 0 Å². The second-order valence-corrected chi connectivity index (χ2v) is 15.0. The van der Waals surface area contributed by atoms with E-state index in [4.69, 9.17) is 9.47 Å². The summed E-state index contributed by atoms with van der Waals surface area (Å²) in [5.74, 6) is 4.27. The predicted molar refractivity (Wildman–Crippen MR) is 129 cm³/mol. The maximum atomic E-state index is 13.1. The van der Waals surface area contributed by atoms with Gasteiger partial charge in [-0.2, -0.15) is 0 Å². The van der Waals surface area contributed by atoms with Crippen LogP contribution in [0.15, 0.2) is 0 Å². The number of hydrogen-bond donors (Lipinski definition) is 0. The highest BCUT2D eigenvalue weighted by atomic mass is 16.5. The average Bonchev–Trinajstić information content (AvgIpc) is 3.70. The number of imide groups is 2. The van der Waals surface area contributed by atoms with Gasteiger partial charge in [-0.3, -0.25) is 29.0 Å². The van der Waals surface area contributed by atoms with Crippen molar-refractivity contribution in [2.75, 3.05) is 0 Å². The van der Waals surface area contributed by atoms with Gasteiger partial charge in [-0.05, 0) is 84.9 Å². The van der Waals surface area contributed by atoms with Crippen molar-refractivity contribution in [2.24, 2.45) is 70.0 Å². The molecule has 0 spiro atoms. The third kappa shape index (κ3) is 1.97. The van der Waals surface area contributed by atoms with E-state index < -0.39 is 12.5 Å². The SMILES string of the molecule is CC12C3C4CCC5O[C@@H](N6C(=O)CCC6=O)C6(C)C7C8CCC(OC1N1C(=O)CCC1=O)C8C2C7C3C6C54. The second-order valence-electron chi connectivity index (χ2n) is 15.0. The smallest absolute Gasteiger partial charge is 0.231 e. The first-order valence-corrected chi connectivity index (χ1v) is 15.3. The van der Waals surface area contributed by atoms with Gasteiger partial charge in [0.15, 0.2) is 0 Å². The fourth-order valence-corrected chi connectivity index (χ4v) is 14.2. The Hall–Kier alpha value is -1.80. The van der Waals surface area contributed by atoms with Crippen LogP contribution in [0.4, 0.5) is 0 Å². The zero-order chi connectivity index (χ0) is 25.6. The minimum Gasteiger partial charge on any atom is -0.354 e. The molecular weight excluding hydrogens is 484 g/mol. The number of hydrogen-bond acceptors (Lipinski definition) is 6. The van der Waals surface area contributed by atoms with Gasteiger partial charge in [0.1, 0.15) is 12.5 Å². The van der Waals surface area contributed by atoms with E-state index in [-0.39, 0.29) is 46.7 Å². The Bertz CT molecular complexity index is 1120. The Kier molecular flexibility index (Phi) is 3.70. The fourth-order valence-electron chi connectivity index (χ4n) is 14.2. The van der Waals surface area contributed by atoms with Crippen LogP contribution >= 0.6 is 0 Å². The molecule has 10 aliphatic rings. The number of fused-ring (bicyclic) bond motifs is 4. The summed E-state index contributed by atoms with van der Waals surface area (Å²) >= 11 is 0. The lowest BCUT2D eigenvalue weighted by molar-refractivity contribution is -0.241. The van der Waals surface area contributed by atoms with Crippen molar-refractivity contribution in [1.29, 1.82) is 0 Å². The molecule has 38 heavy (non-hydrogen) atoms. The molecule has 8 heteroatoms. The van der Waals surface area contributed by atoms with E-state index in [0.29, 0.717) is 84.9 Å². The lowest BCUT2D eigenvalue weighted by Crippen LogP contribution is -2.62. The molecule has 0 N–H and O–H groups in total. The van der Waals surface area contributed by atoms with E-state index in [1.807, 2.05) is 0 Å². The molecule has 16 atom stereocenters. The molecule has 4 saturated heterocycles. The Morgan fingerprint density at radius 2 is 0.921 bits per heavy atom. The van der Waals surface area contributed by atoms with Gasteiger partial charge in [-0.1, -0.05) is 13.8 Å². The van der Waals surface area contributed by atoms with Crippen LogP contribution in [0.3, 0.4) is 0 Å². The minimum atomic E-state index is -0.451. The van der Waals surface area contributed by atoms with E-state index >= 15 is 0 Å². The maximum absolute atomic E-state index is 13.1. The summed E-state index contributed by atoms with van der Waals surface area (Å²) in [6.07, 6.45) is 4.59. The monoisotopic (exact) mass is 520 g/mol. The summed E-state index contributed by atoms with van der Waals surface area (Å²) < 4.78 is 14.0. The van der Waals surface area contributed by atoms with Gasteiger partial charge < -0.3 is 9.47 Å². The van der Waals surface area contributed by atoms with E-state index in [2.05, 4.69) is 13.8 Å². The van der Waals surface area contributed by atoms with Crippen LogP contribution in [-0.2, 0) is 28.7 Å². The van der Waals surface area contributed by atoms with Gasteiger partial charge in [0.2, 0.25) is 23.6 Å². The van der Waals surface area contributed by atoms with Crippen LogP contribution in [0.5, 0.6) is 0 Å². The van der Waals surface area contributed by atoms with Crippen molar-refractivity contribution in [3.63, 3.8) is 0 Å². The van der Waals surface area contributed by atoms with E-state index in [9.17, 15) is 19.2 Å². The number of carbonyl (C=O) groups is 4. The Morgan fingerprint density at radius 1 is 0.553 bits per heavy atom. The van der Waals surface area contributed by atoms with Gasteiger partial charge in [0, 0.05) is 36.5 Å². The Balaban J connectivity index is 1.19. The van der Waals surface area contributed by atoms with Crippen molar-refractivity contribution in [1.82, 2.24) is 9.80 Å². The number of rotatable bonds is 2. The average molecular weight is 521 g/mol. The molecule has 15 unspecified atom stereocenters. The molecule has 0 aromatic rings. The fraction of sp³-hybridized carbons (Fsp3) is 0.867. The summed E-state index contributed by atoms with van der Waals surface area (Å²) in [6.45, 7) is 4.79. The number of likely N-dealkylation sites (tertiary alicyclic amines) is 2. The molecule has 0 aromatic carbocycles. The Labute approximate surface area is 222 Å². The summed E-state index contributed by atoms with van der Waals surface area (Å²) in [4.78, 5) is 55.7. The van der Waals surface area contributed by atoms with Crippen LogP contribution in [-0.4, -0.2) is 58.1 Å². The van der Waals surface area contributed by atoms with Gasteiger partial charge in [-0.15, -0.1) is 0 Å². The summed E-state index contributed by atoms with van der Waals surface area (Å²) in [7, 11) is 0. The summed E-state index contributed by atoms with van der Waals surface area (Å²) in [5, 5.41) is 0. The first-order valence-electron chi connectivity index (χ1n) is 15.3. The van der Waals surface area contributed by atoms with E-state index in [1.54, 1.807) is 9.80 Å². The number of amides is 4. The van der Waals surface area contributed by atoms with Crippen LogP contribution in [0.25, 0.3) is 0 Å². The van der Waals surface area contributed by atoms with Crippen molar-refractivity contribution in [3.8, 4) is 0 Å². The van der Waals surface area contributed by atoms with Crippen molar-refractivity contribution >= 4 is 23.6 Å². The quantitative estimate of drug-likeness (QED) is 0.520. The number of carbonyl (C=O) groups excluding carboxylic acids is 4. The molecule has 4 heterocycles. The van der Waals surface area contributed by atoms with Crippen molar-refractivity contribution in [2.45, 2.75) is 89.9 Å². The third-order valence-corrected chi connectivity index (χ3v) is 14.5. The highest BCUT2D eigenvalue weighted by Crippen LogP contribution is 2.88. The summed E-state index contributed by atoms with van der Waals surface area (Å²) in [5.41, 5.74) is -0.479. The zero-order valence-electron chi connectivity index (χ0n) is 22.1. The van der Waals surface area contributed by atoms with Gasteiger partial charge in [0.05, 0.1) is 12.2 Å². The van der Waals surface area contributed by atoms with Gasteiger partial charge >= 0.3 is 0 Å². The molecule has 4 aliphatic heterocycles. The highest BCUT2D eigenvalue weighted by molar-refractivity contribution is 6.02. The normalized spacial score (nSPS) is 62.3. The molecule has 0 bridgehead atoms. The maximum Gasteiger partial charge on any atom is 0.231 e. The van der Waals surface area contributed by atoms with Crippen LogP contribution < -0.4 is 0 Å². The van der Waals surface area contributed by atoms with Gasteiger partial charge in [-0.25, -0.2) is 0 Å². The lowest BCUT2D eigenvalue weighted by Gasteiger charge is -2.55. The van der Waals surface area contributed by atoms with Crippen LogP contribution in [0, 0.1) is 70.0 Å².